The summed E-state index contributed by atoms with van der Waals surface area (Å²) in [6.45, 7) is 3.83. The third-order valence-corrected chi connectivity index (χ3v) is 3.31. The van der Waals surface area contributed by atoms with Gasteiger partial charge in [0.15, 0.2) is 0 Å². The van der Waals surface area contributed by atoms with Crippen LogP contribution < -0.4 is 0 Å². The molecule has 3 nitrogen and oxygen atoms in total. The predicted molar refractivity (Wildman–Crippen MR) is 55.6 cm³/mol. The average molecular weight is 214 g/mol. The summed E-state index contributed by atoms with van der Waals surface area (Å²) in [7, 11) is 0. The molecule has 1 atom stereocenters. The molecule has 0 amide bonds. The minimum Gasteiger partial charge on any atom is -0.480 e. The number of carboxylic acid groups (broad SMARTS) is 1. The Kier molecular flexibility index (Phi) is 4.07. The summed E-state index contributed by atoms with van der Waals surface area (Å²) >= 11 is 1.36. The van der Waals surface area contributed by atoms with Crippen molar-refractivity contribution in [3.05, 3.63) is 18.1 Å². The lowest BCUT2D eigenvalue weighted by Crippen LogP contribution is -2.15. The molecule has 0 aliphatic heterocycles. The maximum atomic E-state index is 10.9. The predicted octanol–water partition coefficient (Wildman–Crippen LogP) is 2.93. The normalized spacial score (nSPS) is 12.7. The smallest absolute Gasteiger partial charge is 0.316 e. The molecule has 14 heavy (non-hydrogen) atoms. The van der Waals surface area contributed by atoms with E-state index in [0.717, 1.165) is 17.1 Å². The van der Waals surface area contributed by atoms with Crippen molar-refractivity contribution in [2.24, 2.45) is 0 Å². The zero-order valence-electron chi connectivity index (χ0n) is 8.32. The van der Waals surface area contributed by atoms with Gasteiger partial charge in [0.1, 0.15) is 11.0 Å². The van der Waals surface area contributed by atoms with E-state index in [-0.39, 0.29) is 5.25 Å². The topological polar surface area (TPSA) is 50.4 Å². The fraction of sp³-hybridized carbons (Fsp3) is 0.500. The van der Waals surface area contributed by atoms with Gasteiger partial charge in [-0.15, -0.1) is 11.8 Å². The van der Waals surface area contributed by atoms with Crippen molar-refractivity contribution in [3.63, 3.8) is 0 Å². The number of rotatable bonds is 5. The van der Waals surface area contributed by atoms with Gasteiger partial charge in [-0.1, -0.05) is 13.3 Å². The Morgan fingerprint density at radius 1 is 1.71 bits per heavy atom. The van der Waals surface area contributed by atoms with E-state index in [1.165, 1.54) is 11.8 Å². The Morgan fingerprint density at radius 3 is 2.86 bits per heavy atom. The van der Waals surface area contributed by atoms with Gasteiger partial charge in [-0.25, -0.2) is 0 Å². The first-order chi connectivity index (χ1) is 6.65. The highest BCUT2D eigenvalue weighted by atomic mass is 32.2. The molecule has 0 fully saturated rings. The number of hydrogen-bond donors (Lipinski definition) is 1. The Balaban J connectivity index is 2.64. The van der Waals surface area contributed by atoms with E-state index < -0.39 is 5.97 Å². The lowest BCUT2D eigenvalue weighted by molar-refractivity contribution is -0.136. The first-order valence-electron chi connectivity index (χ1n) is 4.58. The molecule has 1 aromatic heterocycles. The summed E-state index contributed by atoms with van der Waals surface area (Å²) in [5.74, 6) is 0.0369. The van der Waals surface area contributed by atoms with E-state index in [2.05, 4.69) is 0 Å². The molecule has 0 aliphatic carbocycles. The second-order valence-corrected chi connectivity index (χ2v) is 4.32. The first-order valence-corrected chi connectivity index (χ1v) is 5.46. The number of aliphatic carboxylic acids is 1. The monoisotopic (exact) mass is 214 g/mol. The second-order valence-electron chi connectivity index (χ2n) is 3.07. The summed E-state index contributed by atoms with van der Waals surface area (Å²) in [6, 6.07) is 1.81. The van der Waals surface area contributed by atoms with Crippen LogP contribution in [0.2, 0.25) is 0 Å². The van der Waals surface area contributed by atoms with Gasteiger partial charge in [0.25, 0.3) is 0 Å². The summed E-state index contributed by atoms with van der Waals surface area (Å²) in [4.78, 5) is 11.8. The Morgan fingerprint density at radius 2 is 2.43 bits per heavy atom. The van der Waals surface area contributed by atoms with Crippen molar-refractivity contribution in [1.82, 2.24) is 0 Å². The van der Waals surface area contributed by atoms with Gasteiger partial charge < -0.3 is 9.52 Å². The highest BCUT2D eigenvalue weighted by molar-refractivity contribution is 8.00. The van der Waals surface area contributed by atoms with Crippen LogP contribution in [0.25, 0.3) is 0 Å². The van der Waals surface area contributed by atoms with Gasteiger partial charge in [-0.05, 0) is 19.4 Å². The van der Waals surface area contributed by atoms with Crippen LogP contribution in [-0.4, -0.2) is 16.3 Å². The molecule has 4 heteroatoms. The van der Waals surface area contributed by atoms with Crippen LogP contribution in [0, 0.1) is 6.92 Å². The van der Waals surface area contributed by atoms with Crippen molar-refractivity contribution in [2.45, 2.75) is 36.8 Å². The fourth-order valence-corrected chi connectivity index (χ4v) is 2.25. The van der Waals surface area contributed by atoms with Crippen molar-refractivity contribution in [3.8, 4) is 0 Å². The van der Waals surface area contributed by atoms with Crippen LogP contribution >= 0.6 is 11.8 Å². The van der Waals surface area contributed by atoms with E-state index in [9.17, 15) is 4.79 Å². The fourth-order valence-electron chi connectivity index (χ4n) is 1.14. The molecule has 78 valence electrons. The van der Waals surface area contributed by atoms with Crippen LogP contribution in [0.4, 0.5) is 0 Å². The largest absolute Gasteiger partial charge is 0.480 e. The molecule has 0 radical (unpaired) electrons. The number of aryl methyl sites for hydroxylation is 1. The SMILES string of the molecule is CCCC(Sc1ccoc1C)C(=O)O. The summed E-state index contributed by atoms with van der Waals surface area (Å²) < 4.78 is 5.11. The van der Waals surface area contributed by atoms with Gasteiger partial charge in [-0.2, -0.15) is 0 Å². The van der Waals surface area contributed by atoms with Crippen LogP contribution in [0.1, 0.15) is 25.5 Å². The third kappa shape index (κ3) is 2.80. The zero-order chi connectivity index (χ0) is 10.6. The molecule has 1 N–H and O–H groups in total. The molecule has 1 aromatic rings. The number of carboxylic acids is 1. The van der Waals surface area contributed by atoms with E-state index in [0.29, 0.717) is 6.42 Å². The van der Waals surface area contributed by atoms with Gasteiger partial charge in [0.05, 0.1) is 6.26 Å². The van der Waals surface area contributed by atoms with Crippen LogP contribution in [0.15, 0.2) is 21.6 Å². The summed E-state index contributed by atoms with van der Waals surface area (Å²) in [5, 5.41) is 8.58. The molecule has 1 rings (SSSR count). The number of hydrogen-bond acceptors (Lipinski definition) is 3. The van der Waals surface area contributed by atoms with Gasteiger partial charge in [0.2, 0.25) is 0 Å². The van der Waals surface area contributed by atoms with Crippen molar-refractivity contribution in [1.29, 1.82) is 0 Å². The van der Waals surface area contributed by atoms with E-state index in [1.54, 1.807) is 6.26 Å². The zero-order valence-corrected chi connectivity index (χ0v) is 9.13. The van der Waals surface area contributed by atoms with E-state index in [4.69, 9.17) is 9.52 Å². The lowest BCUT2D eigenvalue weighted by atomic mass is 10.2. The number of carbonyl (C=O) groups is 1. The van der Waals surface area contributed by atoms with Gasteiger partial charge in [0, 0.05) is 4.90 Å². The molecule has 0 saturated carbocycles. The number of furan rings is 1. The van der Waals surface area contributed by atoms with Crippen molar-refractivity contribution >= 4 is 17.7 Å². The van der Waals surface area contributed by atoms with Gasteiger partial charge >= 0.3 is 5.97 Å². The van der Waals surface area contributed by atoms with E-state index >= 15 is 0 Å². The molecule has 0 saturated heterocycles. The number of thioether (sulfide) groups is 1. The minimum atomic E-state index is -0.752. The summed E-state index contributed by atoms with van der Waals surface area (Å²) in [5.41, 5.74) is 0. The molecule has 0 bridgehead atoms. The Labute approximate surface area is 87.5 Å². The maximum Gasteiger partial charge on any atom is 0.316 e. The minimum absolute atomic E-state index is 0.365. The first kappa shape index (κ1) is 11.2. The molecular formula is C10H14O3S. The van der Waals surface area contributed by atoms with Crippen molar-refractivity contribution < 1.29 is 14.3 Å². The molecule has 0 aliphatic rings. The van der Waals surface area contributed by atoms with Gasteiger partial charge in [-0.3, -0.25) is 4.79 Å². The molecule has 0 aromatic carbocycles. The third-order valence-electron chi connectivity index (χ3n) is 1.91. The Hall–Kier alpha value is -0.900. The second kappa shape index (κ2) is 5.10. The van der Waals surface area contributed by atoms with Crippen LogP contribution in [-0.2, 0) is 4.79 Å². The molecule has 1 unspecified atom stereocenters. The van der Waals surface area contributed by atoms with Crippen LogP contribution in [0.5, 0.6) is 0 Å². The maximum absolute atomic E-state index is 10.9. The molecule has 0 spiro atoms. The standard InChI is InChI=1S/C10H14O3S/c1-3-4-9(10(11)12)14-8-5-6-13-7(8)2/h5-6,9H,3-4H2,1-2H3,(H,11,12). The highest BCUT2D eigenvalue weighted by Crippen LogP contribution is 2.29. The highest BCUT2D eigenvalue weighted by Gasteiger charge is 2.19. The van der Waals surface area contributed by atoms with Crippen LogP contribution in [0.3, 0.4) is 0 Å². The van der Waals surface area contributed by atoms with Crippen molar-refractivity contribution in [2.75, 3.05) is 0 Å². The Bertz CT molecular complexity index is 306. The molecule has 1 heterocycles. The average Bonchev–Trinajstić information content (AvgIpc) is 2.51. The van der Waals surface area contributed by atoms with E-state index in [1.807, 2.05) is 19.9 Å². The molecular weight excluding hydrogens is 200 g/mol. The lowest BCUT2D eigenvalue weighted by Gasteiger charge is -2.09. The summed E-state index contributed by atoms with van der Waals surface area (Å²) in [6.07, 6.45) is 3.15. The quantitative estimate of drug-likeness (QED) is 0.766.